The van der Waals surface area contributed by atoms with Crippen molar-refractivity contribution in [2.75, 3.05) is 5.32 Å². The quantitative estimate of drug-likeness (QED) is 0.535. The number of fused-ring (bicyclic) bond motifs is 2. The number of nitrogens with zero attached hydrogens (tertiary/aromatic N) is 1. The number of hydrogen-bond donors (Lipinski definition) is 1. The standard InChI is InChI=1S/C18H11ClN2OS/c19-12-8-9-16-15(10-12)20-18(23-16)21-17(22)14-7-3-5-11-4-1-2-6-13(11)14/h1-10H,(H,20,21,22). The second kappa shape index (κ2) is 5.65. The molecule has 5 heteroatoms. The van der Waals surface area contributed by atoms with Crippen LogP contribution in [0.2, 0.25) is 5.02 Å². The Balaban J connectivity index is 1.70. The maximum Gasteiger partial charge on any atom is 0.258 e. The van der Waals surface area contributed by atoms with Crippen LogP contribution in [0.3, 0.4) is 0 Å². The minimum atomic E-state index is -0.160. The van der Waals surface area contributed by atoms with Gasteiger partial charge < -0.3 is 0 Å². The Morgan fingerprint density at radius 2 is 1.87 bits per heavy atom. The highest BCUT2D eigenvalue weighted by Crippen LogP contribution is 2.29. The van der Waals surface area contributed by atoms with E-state index in [1.54, 1.807) is 6.07 Å². The van der Waals surface area contributed by atoms with Gasteiger partial charge in [-0.2, -0.15) is 0 Å². The van der Waals surface area contributed by atoms with E-state index in [9.17, 15) is 4.79 Å². The van der Waals surface area contributed by atoms with Crippen LogP contribution in [0.4, 0.5) is 5.13 Å². The molecule has 0 unspecified atom stereocenters. The average molecular weight is 339 g/mol. The fourth-order valence-corrected chi connectivity index (χ4v) is 3.55. The number of hydrogen-bond acceptors (Lipinski definition) is 3. The third kappa shape index (κ3) is 2.67. The summed E-state index contributed by atoms with van der Waals surface area (Å²) in [6.07, 6.45) is 0. The Morgan fingerprint density at radius 3 is 2.78 bits per heavy atom. The number of benzene rings is 3. The molecular weight excluding hydrogens is 328 g/mol. The zero-order valence-electron chi connectivity index (χ0n) is 11.9. The first kappa shape index (κ1) is 14.2. The Hall–Kier alpha value is -2.43. The Morgan fingerprint density at radius 1 is 1.04 bits per heavy atom. The zero-order valence-corrected chi connectivity index (χ0v) is 13.5. The molecule has 0 saturated heterocycles. The molecule has 0 atom stereocenters. The first-order valence-corrected chi connectivity index (χ1v) is 8.25. The van der Waals surface area contributed by atoms with Gasteiger partial charge in [-0.05, 0) is 35.0 Å². The van der Waals surface area contributed by atoms with Gasteiger partial charge in [-0.3, -0.25) is 10.1 Å². The highest BCUT2D eigenvalue weighted by molar-refractivity contribution is 7.22. The summed E-state index contributed by atoms with van der Waals surface area (Å²) < 4.78 is 0.989. The summed E-state index contributed by atoms with van der Waals surface area (Å²) in [7, 11) is 0. The smallest absolute Gasteiger partial charge is 0.258 e. The number of nitrogens with one attached hydrogen (secondary N) is 1. The van der Waals surface area contributed by atoms with Gasteiger partial charge in [0, 0.05) is 10.6 Å². The van der Waals surface area contributed by atoms with Crippen LogP contribution in [-0.2, 0) is 0 Å². The predicted octanol–water partition coefficient (Wildman–Crippen LogP) is 5.36. The molecule has 0 aliphatic rings. The van der Waals surface area contributed by atoms with Crippen LogP contribution in [0.15, 0.2) is 60.7 Å². The van der Waals surface area contributed by atoms with Gasteiger partial charge in [0.1, 0.15) is 0 Å². The largest absolute Gasteiger partial charge is 0.298 e. The van der Waals surface area contributed by atoms with Crippen LogP contribution < -0.4 is 5.32 Å². The third-order valence-electron chi connectivity index (χ3n) is 3.60. The molecule has 0 aliphatic heterocycles. The van der Waals surface area contributed by atoms with E-state index in [1.165, 1.54) is 11.3 Å². The van der Waals surface area contributed by atoms with Crippen LogP contribution in [0.25, 0.3) is 21.0 Å². The second-order valence-corrected chi connectivity index (χ2v) is 6.58. The third-order valence-corrected chi connectivity index (χ3v) is 4.79. The lowest BCUT2D eigenvalue weighted by Gasteiger charge is -2.05. The molecule has 3 aromatic carbocycles. The summed E-state index contributed by atoms with van der Waals surface area (Å²) in [6.45, 7) is 0. The molecule has 4 aromatic rings. The van der Waals surface area contributed by atoms with Gasteiger partial charge in [0.2, 0.25) is 0 Å². The number of rotatable bonds is 2. The van der Waals surface area contributed by atoms with E-state index in [0.29, 0.717) is 15.7 Å². The lowest BCUT2D eigenvalue weighted by Crippen LogP contribution is -2.12. The lowest BCUT2D eigenvalue weighted by atomic mass is 10.0. The van der Waals surface area contributed by atoms with E-state index in [-0.39, 0.29) is 5.91 Å². The summed E-state index contributed by atoms with van der Waals surface area (Å²) in [6, 6.07) is 19.0. The van der Waals surface area contributed by atoms with Crippen LogP contribution in [0, 0.1) is 0 Å². The van der Waals surface area contributed by atoms with Gasteiger partial charge in [0.25, 0.3) is 5.91 Å². The second-order valence-electron chi connectivity index (χ2n) is 5.11. The average Bonchev–Trinajstić information content (AvgIpc) is 2.95. The molecule has 0 saturated carbocycles. The molecule has 1 aromatic heterocycles. The van der Waals surface area contributed by atoms with E-state index in [0.717, 1.165) is 21.0 Å². The summed E-state index contributed by atoms with van der Waals surface area (Å²) in [5.41, 5.74) is 1.43. The van der Waals surface area contributed by atoms with Crippen molar-refractivity contribution in [2.45, 2.75) is 0 Å². The van der Waals surface area contributed by atoms with Crippen molar-refractivity contribution < 1.29 is 4.79 Å². The minimum absolute atomic E-state index is 0.160. The molecule has 1 heterocycles. The fourth-order valence-electron chi connectivity index (χ4n) is 2.54. The van der Waals surface area contributed by atoms with Gasteiger partial charge in [0.15, 0.2) is 5.13 Å². The van der Waals surface area contributed by atoms with Gasteiger partial charge in [-0.1, -0.05) is 59.3 Å². The number of thiazole rings is 1. The predicted molar refractivity (Wildman–Crippen MR) is 96.5 cm³/mol. The highest BCUT2D eigenvalue weighted by atomic mass is 35.5. The van der Waals surface area contributed by atoms with E-state index >= 15 is 0 Å². The van der Waals surface area contributed by atoms with Crippen molar-refractivity contribution >= 4 is 55.0 Å². The summed E-state index contributed by atoms with van der Waals surface area (Å²) in [5, 5.41) is 6.05. The molecule has 0 fully saturated rings. The number of carbonyl (C=O) groups excluding carboxylic acids is 1. The van der Waals surface area contributed by atoms with Gasteiger partial charge in [0.05, 0.1) is 10.2 Å². The molecular formula is C18H11ClN2OS. The highest BCUT2D eigenvalue weighted by Gasteiger charge is 2.12. The molecule has 4 rings (SSSR count). The van der Waals surface area contributed by atoms with E-state index < -0.39 is 0 Å². The van der Waals surface area contributed by atoms with E-state index in [1.807, 2.05) is 54.6 Å². The number of amides is 1. The van der Waals surface area contributed by atoms with Crippen molar-refractivity contribution in [1.82, 2.24) is 4.98 Å². The first-order valence-electron chi connectivity index (χ1n) is 7.06. The molecule has 0 aliphatic carbocycles. The topological polar surface area (TPSA) is 42.0 Å². The summed E-state index contributed by atoms with van der Waals surface area (Å²) in [4.78, 5) is 17.0. The molecule has 0 spiro atoms. The maximum atomic E-state index is 12.6. The molecule has 1 N–H and O–H groups in total. The Kier molecular flexibility index (Phi) is 3.48. The number of carbonyl (C=O) groups is 1. The van der Waals surface area contributed by atoms with Crippen molar-refractivity contribution in [3.8, 4) is 0 Å². The van der Waals surface area contributed by atoms with Gasteiger partial charge in [-0.25, -0.2) is 4.98 Å². The van der Waals surface area contributed by atoms with Gasteiger partial charge in [-0.15, -0.1) is 0 Å². The lowest BCUT2D eigenvalue weighted by molar-refractivity contribution is 0.102. The molecule has 0 bridgehead atoms. The maximum absolute atomic E-state index is 12.6. The van der Waals surface area contributed by atoms with Crippen molar-refractivity contribution in [3.05, 3.63) is 71.2 Å². The van der Waals surface area contributed by atoms with Crippen molar-refractivity contribution in [2.24, 2.45) is 0 Å². The monoisotopic (exact) mass is 338 g/mol. The van der Waals surface area contributed by atoms with Crippen LogP contribution in [-0.4, -0.2) is 10.9 Å². The van der Waals surface area contributed by atoms with Crippen LogP contribution in [0.5, 0.6) is 0 Å². The van der Waals surface area contributed by atoms with Gasteiger partial charge >= 0.3 is 0 Å². The summed E-state index contributed by atoms with van der Waals surface area (Å²) >= 11 is 7.40. The van der Waals surface area contributed by atoms with Crippen LogP contribution >= 0.6 is 22.9 Å². The summed E-state index contributed by atoms with van der Waals surface area (Å²) in [5.74, 6) is -0.160. The molecule has 23 heavy (non-hydrogen) atoms. The Labute approximate surface area is 141 Å². The molecule has 3 nitrogen and oxygen atoms in total. The van der Waals surface area contributed by atoms with E-state index in [4.69, 9.17) is 11.6 Å². The molecule has 0 radical (unpaired) electrons. The molecule has 112 valence electrons. The minimum Gasteiger partial charge on any atom is -0.298 e. The first-order chi connectivity index (χ1) is 11.2. The zero-order chi connectivity index (χ0) is 15.8. The van der Waals surface area contributed by atoms with E-state index in [2.05, 4.69) is 10.3 Å². The fraction of sp³-hybridized carbons (Fsp3) is 0. The SMILES string of the molecule is O=C(Nc1nc2cc(Cl)ccc2s1)c1cccc2ccccc12. The molecule has 1 amide bonds. The van der Waals surface area contributed by atoms with Crippen molar-refractivity contribution in [1.29, 1.82) is 0 Å². The number of halogens is 1. The van der Waals surface area contributed by atoms with Crippen molar-refractivity contribution in [3.63, 3.8) is 0 Å². The van der Waals surface area contributed by atoms with Crippen LogP contribution in [0.1, 0.15) is 10.4 Å². The normalized spacial score (nSPS) is 11.0. The number of aromatic nitrogens is 1. The Bertz CT molecular complexity index is 1040. The number of anilines is 1.